The van der Waals surface area contributed by atoms with Crippen molar-refractivity contribution in [1.82, 2.24) is 19.5 Å². The van der Waals surface area contributed by atoms with Crippen LogP contribution in [0.1, 0.15) is 5.56 Å². The van der Waals surface area contributed by atoms with Crippen LogP contribution in [0.25, 0.3) is 5.69 Å². The molecule has 0 aliphatic carbocycles. The van der Waals surface area contributed by atoms with Crippen molar-refractivity contribution in [2.75, 3.05) is 7.11 Å². The number of H-pyrrole nitrogens is 3. The molecule has 0 aliphatic heterocycles. The molecule has 0 aliphatic rings. The normalized spacial score (nSPS) is 11.0. The molecule has 1 aromatic carbocycles. The average Bonchev–Trinajstić information content (AvgIpc) is 2.63. The number of rotatable bonds is 4. The molecular formula is C16H13N5O6. The second-order valence-electron chi connectivity index (χ2n) is 5.22. The molecule has 2 heterocycles. The van der Waals surface area contributed by atoms with Gasteiger partial charge in [-0.3, -0.25) is 19.6 Å². The van der Waals surface area contributed by atoms with Crippen LogP contribution in [-0.2, 0) is 0 Å². The summed E-state index contributed by atoms with van der Waals surface area (Å²) in [7, 11) is 1.39. The molecule has 3 rings (SSSR count). The highest BCUT2D eigenvalue weighted by Crippen LogP contribution is 2.24. The quantitative estimate of drug-likeness (QED) is 0.446. The van der Waals surface area contributed by atoms with Crippen LogP contribution in [0.5, 0.6) is 11.6 Å². The monoisotopic (exact) mass is 371 g/mol. The number of aromatic amines is 3. The third-order valence-corrected chi connectivity index (χ3v) is 3.58. The SMILES string of the molecule is COc1ccccc1-n1c(O)c(C=Nc2c[nH]c(=O)[nH]c2=O)c(=O)[nH]c1=O. The van der Waals surface area contributed by atoms with Crippen LogP contribution in [0.2, 0.25) is 0 Å². The first-order valence-corrected chi connectivity index (χ1v) is 7.50. The lowest BCUT2D eigenvalue weighted by molar-refractivity contribution is 0.401. The van der Waals surface area contributed by atoms with Crippen molar-refractivity contribution in [3.8, 4) is 17.3 Å². The zero-order valence-corrected chi connectivity index (χ0v) is 13.8. The molecule has 3 aromatic rings. The number of nitrogens with one attached hydrogen (secondary N) is 3. The second-order valence-corrected chi connectivity index (χ2v) is 5.22. The Bertz CT molecular complexity index is 1260. The van der Waals surface area contributed by atoms with E-state index in [9.17, 15) is 24.3 Å². The summed E-state index contributed by atoms with van der Waals surface area (Å²) in [6.45, 7) is 0. The van der Waals surface area contributed by atoms with Gasteiger partial charge in [0.2, 0.25) is 5.88 Å². The van der Waals surface area contributed by atoms with Crippen molar-refractivity contribution in [2.24, 2.45) is 4.99 Å². The van der Waals surface area contributed by atoms with Gasteiger partial charge in [-0.2, -0.15) is 0 Å². The van der Waals surface area contributed by atoms with Crippen LogP contribution in [-0.4, -0.2) is 37.9 Å². The summed E-state index contributed by atoms with van der Waals surface area (Å²) in [5.74, 6) is -0.417. The van der Waals surface area contributed by atoms with Crippen LogP contribution in [0.3, 0.4) is 0 Å². The van der Waals surface area contributed by atoms with Gasteiger partial charge in [0, 0.05) is 12.4 Å². The Morgan fingerprint density at radius 3 is 2.56 bits per heavy atom. The van der Waals surface area contributed by atoms with E-state index in [4.69, 9.17) is 4.74 Å². The van der Waals surface area contributed by atoms with E-state index in [-0.39, 0.29) is 22.7 Å². The summed E-state index contributed by atoms with van der Waals surface area (Å²) >= 11 is 0. The van der Waals surface area contributed by atoms with E-state index < -0.39 is 28.4 Å². The predicted octanol–water partition coefficient (Wildman–Crippen LogP) is -0.633. The van der Waals surface area contributed by atoms with E-state index >= 15 is 0 Å². The smallest absolute Gasteiger partial charge is 0.335 e. The fourth-order valence-corrected chi connectivity index (χ4v) is 2.33. The largest absolute Gasteiger partial charge is 0.495 e. The number of aliphatic imine (C=N–C) groups is 1. The van der Waals surface area contributed by atoms with Crippen molar-refractivity contribution < 1.29 is 9.84 Å². The van der Waals surface area contributed by atoms with Crippen molar-refractivity contribution in [3.05, 3.63) is 77.7 Å². The first kappa shape index (κ1) is 17.7. The first-order valence-electron chi connectivity index (χ1n) is 7.50. The van der Waals surface area contributed by atoms with Crippen LogP contribution in [0.15, 0.2) is 54.6 Å². The molecule has 0 amide bonds. The molecule has 4 N–H and O–H groups in total. The Morgan fingerprint density at radius 2 is 1.85 bits per heavy atom. The summed E-state index contributed by atoms with van der Waals surface area (Å²) < 4.78 is 5.99. The maximum absolute atomic E-state index is 12.2. The van der Waals surface area contributed by atoms with Gasteiger partial charge >= 0.3 is 11.4 Å². The number of hydrogen-bond acceptors (Lipinski definition) is 7. The van der Waals surface area contributed by atoms with Gasteiger partial charge < -0.3 is 14.8 Å². The summed E-state index contributed by atoms with van der Waals surface area (Å²) in [5.41, 5.74) is -3.69. The Morgan fingerprint density at radius 1 is 1.11 bits per heavy atom. The van der Waals surface area contributed by atoms with Gasteiger partial charge in [0.25, 0.3) is 11.1 Å². The molecule has 27 heavy (non-hydrogen) atoms. The van der Waals surface area contributed by atoms with E-state index in [1.54, 1.807) is 18.2 Å². The lowest BCUT2D eigenvalue weighted by Crippen LogP contribution is -2.31. The first-order chi connectivity index (χ1) is 12.9. The fraction of sp³-hybridized carbons (Fsp3) is 0.0625. The van der Waals surface area contributed by atoms with E-state index in [2.05, 4.69) is 15.0 Å². The molecule has 0 spiro atoms. The number of benzene rings is 1. The highest BCUT2D eigenvalue weighted by atomic mass is 16.5. The van der Waals surface area contributed by atoms with Gasteiger partial charge in [-0.25, -0.2) is 19.1 Å². The summed E-state index contributed by atoms with van der Waals surface area (Å²) in [6.07, 6.45) is 1.95. The number of ether oxygens (including phenoxy) is 1. The van der Waals surface area contributed by atoms with Crippen LogP contribution >= 0.6 is 0 Å². The van der Waals surface area contributed by atoms with Gasteiger partial charge in [-0.1, -0.05) is 12.1 Å². The Kier molecular flexibility index (Phi) is 4.58. The maximum Gasteiger partial charge on any atom is 0.335 e. The third kappa shape index (κ3) is 3.33. The molecule has 0 saturated heterocycles. The van der Waals surface area contributed by atoms with E-state index in [1.807, 2.05) is 4.98 Å². The summed E-state index contributed by atoms with van der Waals surface area (Å²) in [6, 6.07) is 6.36. The molecule has 0 atom stereocenters. The molecule has 0 saturated carbocycles. The molecule has 0 fully saturated rings. The van der Waals surface area contributed by atoms with E-state index in [0.717, 1.165) is 17.0 Å². The van der Waals surface area contributed by atoms with Gasteiger partial charge in [0.1, 0.15) is 17.0 Å². The Balaban J connectivity index is 2.19. The second kappa shape index (κ2) is 7.00. The van der Waals surface area contributed by atoms with E-state index in [0.29, 0.717) is 0 Å². The minimum Gasteiger partial charge on any atom is -0.495 e. The highest BCUT2D eigenvalue weighted by Gasteiger charge is 2.17. The Hall–Kier alpha value is -4.15. The average molecular weight is 371 g/mol. The lowest BCUT2D eigenvalue weighted by Gasteiger charge is -2.12. The molecule has 2 aromatic heterocycles. The molecule has 0 bridgehead atoms. The molecule has 138 valence electrons. The Labute approximate surface area is 149 Å². The van der Waals surface area contributed by atoms with Crippen LogP contribution in [0, 0.1) is 0 Å². The van der Waals surface area contributed by atoms with E-state index in [1.165, 1.54) is 13.2 Å². The topological polar surface area (TPSA) is 162 Å². The predicted molar refractivity (Wildman–Crippen MR) is 95.8 cm³/mol. The molecule has 0 unspecified atom stereocenters. The van der Waals surface area contributed by atoms with Crippen molar-refractivity contribution in [1.29, 1.82) is 0 Å². The van der Waals surface area contributed by atoms with Gasteiger partial charge in [0.15, 0.2) is 0 Å². The minimum atomic E-state index is -0.909. The number of hydrogen-bond donors (Lipinski definition) is 4. The van der Waals surface area contributed by atoms with Gasteiger partial charge in [-0.15, -0.1) is 0 Å². The molecule has 0 radical (unpaired) electrons. The van der Waals surface area contributed by atoms with Crippen LogP contribution < -0.4 is 27.2 Å². The van der Waals surface area contributed by atoms with Gasteiger partial charge in [-0.05, 0) is 12.1 Å². The van der Waals surface area contributed by atoms with Crippen molar-refractivity contribution in [3.63, 3.8) is 0 Å². The number of para-hydroxylation sites is 2. The summed E-state index contributed by atoms with van der Waals surface area (Å²) in [5, 5.41) is 10.5. The molecular weight excluding hydrogens is 358 g/mol. The fourth-order valence-electron chi connectivity index (χ4n) is 2.33. The zero-order valence-electron chi connectivity index (χ0n) is 13.8. The van der Waals surface area contributed by atoms with Crippen molar-refractivity contribution >= 4 is 11.9 Å². The standard InChI is InChI=1S/C16H13N5O6/c1-27-11-5-3-2-4-10(11)21-14(24)8(12(22)20-16(21)26)6-17-9-7-18-15(25)19-13(9)23/h2-7,24H,1H3,(H,20,22,26)(H2,18,19,23,25). The highest BCUT2D eigenvalue weighted by molar-refractivity contribution is 5.84. The number of nitrogens with zero attached hydrogens (tertiary/aromatic N) is 2. The lowest BCUT2D eigenvalue weighted by atomic mass is 10.2. The molecule has 11 heteroatoms. The number of aromatic hydroxyl groups is 1. The molecule has 11 nitrogen and oxygen atoms in total. The number of methoxy groups -OCH3 is 1. The van der Waals surface area contributed by atoms with Gasteiger partial charge in [0.05, 0.1) is 12.8 Å². The third-order valence-electron chi connectivity index (χ3n) is 3.58. The summed E-state index contributed by atoms with van der Waals surface area (Å²) in [4.78, 5) is 57.0. The van der Waals surface area contributed by atoms with Crippen LogP contribution in [0.4, 0.5) is 5.69 Å². The maximum atomic E-state index is 12.2. The number of aromatic nitrogens is 4. The minimum absolute atomic E-state index is 0.190. The van der Waals surface area contributed by atoms with Crippen molar-refractivity contribution in [2.45, 2.75) is 0 Å². The zero-order chi connectivity index (χ0) is 19.6.